The van der Waals surface area contributed by atoms with Crippen molar-refractivity contribution in [2.45, 2.75) is 11.4 Å². The number of non-ortho nitro benzene ring substituents is 1. The zero-order valence-corrected chi connectivity index (χ0v) is 19.2. The molecule has 3 rings (SSSR count). The van der Waals surface area contributed by atoms with E-state index in [1.54, 1.807) is 24.3 Å². The fraction of sp³-hybridized carbons (Fsp3) is 0.0526. The summed E-state index contributed by atoms with van der Waals surface area (Å²) in [7, 11) is -3.95. The van der Waals surface area contributed by atoms with Gasteiger partial charge in [-0.1, -0.05) is 58.5 Å². The molecule has 162 valence electrons. The van der Waals surface area contributed by atoms with Gasteiger partial charge in [-0.3, -0.25) is 10.1 Å². The van der Waals surface area contributed by atoms with E-state index in [9.17, 15) is 18.5 Å². The number of hydrogen-bond donors (Lipinski definition) is 1. The Morgan fingerprint density at radius 1 is 0.935 bits per heavy atom. The molecule has 7 nitrogen and oxygen atoms in total. The van der Waals surface area contributed by atoms with Gasteiger partial charge in [0.1, 0.15) is 5.75 Å². The van der Waals surface area contributed by atoms with Crippen LogP contribution in [0.5, 0.6) is 11.5 Å². The molecular weight excluding hydrogens is 510 g/mol. The summed E-state index contributed by atoms with van der Waals surface area (Å²) in [6, 6.07) is 12.7. The van der Waals surface area contributed by atoms with Crippen LogP contribution >= 0.6 is 46.4 Å². The second-order valence-electron chi connectivity index (χ2n) is 6.14. The average Bonchev–Trinajstić information content (AvgIpc) is 2.70. The molecule has 3 aromatic carbocycles. The first-order valence-electron chi connectivity index (χ1n) is 8.42. The molecule has 0 atom stereocenters. The summed E-state index contributed by atoms with van der Waals surface area (Å²) < 4.78 is 33.3. The highest BCUT2D eigenvalue weighted by atomic mass is 35.5. The molecular formula is C19H12Cl4N2O5S. The first-order chi connectivity index (χ1) is 14.6. The van der Waals surface area contributed by atoms with Gasteiger partial charge in [0.15, 0.2) is 5.75 Å². The van der Waals surface area contributed by atoms with Crippen LogP contribution in [0, 0.1) is 10.1 Å². The zero-order valence-electron chi connectivity index (χ0n) is 15.3. The molecule has 0 saturated heterocycles. The molecule has 0 amide bonds. The van der Waals surface area contributed by atoms with Gasteiger partial charge in [0.2, 0.25) is 10.0 Å². The second-order valence-corrected chi connectivity index (χ2v) is 9.57. The Labute approximate surface area is 197 Å². The Morgan fingerprint density at radius 2 is 1.61 bits per heavy atom. The molecule has 0 aliphatic heterocycles. The number of halogens is 4. The molecule has 0 heterocycles. The molecule has 0 spiro atoms. The molecule has 0 bridgehead atoms. The number of nitro benzene ring substituents is 1. The van der Waals surface area contributed by atoms with Crippen LogP contribution in [0.1, 0.15) is 5.56 Å². The first-order valence-corrected chi connectivity index (χ1v) is 11.4. The maximum atomic E-state index is 12.6. The Kier molecular flexibility index (Phi) is 7.31. The third-order valence-electron chi connectivity index (χ3n) is 3.98. The summed E-state index contributed by atoms with van der Waals surface area (Å²) in [5.74, 6) is 0.0126. The maximum absolute atomic E-state index is 12.6. The standard InChI is InChI=1S/C19H12Cl4N2O5S/c20-12-3-1-2-11(6-12)10-24-31(28,29)14-8-16(22)19(17(23)9-14)30-18-5-4-13(25(26)27)7-15(18)21/h1-9,24H,10H2. The molecule has 3 aromatic rings. The number of sulfonamides is 1. The van der Waals surface area contributed by atoms with E-state index in [1.807, 2.05) is 0 Å². The van der Waals surface area contributed by atoms with Gasteiger partial charge < -0.3 is 4.74 Å². The number of nitro groups is 1. The molecule has 0 aliphatic rings. The fourth-order valence-electron chi connectivity index (χ4n) is 2.49. The third kappa shape index (κ3) is 5.79. The van der Waals surface area contributed by atoms with Crippen molar-refractivity contribution in [1.82, 2.24) is 4.72 Å². The van der Waals surface area contributed by atoms with Crippen molar-refractivity contribution in [1.29, 1.82) is 0 Å². The lowest BCUT2D eigenvalue weighted by Crippen LogP contribution is -2.23. The maximum Gasteiger partial charge on any atom is 0.271 e. The molecule has 0 aliphatic carbocycles. The summed E-state index contributed by atoms with van der Waals surface area (Å²) >= 11 is 24.3. The van der Waals surface area contributed by atoms with Gasteiger partial charge in [-0.05, 0) is 35.9 Å². The van der Waals surface area contributed by atoms with Gasteiger partial charge in [-0.2, -0.15) is 0 Å². The van der Waals surface area contributed by atoms with E-state index in [4.69, 9.17) is 51.1 Å². The number of nitrogens with zero attached hydrogens (tertiary/aromatic N) is 1. The Hall–Kier alpha value is -2.07. The van der Waals surface area contributed by atoms with E-state index in [1.165, 1.54) is 24.3 Å². The van der Waals surface area contributed by atoms with Crippen LogP contribution in [0.15, 0.2) is 59.5 Å². The normalized spacial score (nSPS) is 11.4. The van der Waals surface area contributed by atoms with Gasteiger partial charge in [-0.15, -0.1) is 0 Å². The van der Waals surface area contributed by atoms with E-state index in [2.05, 4.69) is 4.72 Å². The fourth-order valence-corrected chi connectivity index (χ4v) is 4.68. The van der Waals surface area contributed by atoms with Gasteiger partial charge in [0.25, 0.3) is 5.69 Å². The third-order valence-corrected chi connectivity index (χ3v) is 6.45. The zero-order chi connectivity index (χ0) is 22.8. The Balaban J connectivity index is 1.83. The SMILES string of the molecule is O=[N+]([O-])c1ccc(Oc2c(Cl)cc(S(=O)(=O)NCc3cccc(Cl)c3)cc2Cl)c(Cl)c1. The topological polar surface area (TPSA) is 98.5 Å². The molecule has 0 unspecified atom stereocenters. The van der Waals surface area contributed by atoms with Crippen molar-refractivity contribution in [3.05, 3.63) is 90.4 Å². The summed E-state index contributed by atoms with van der Waals surface area (Å²) in [5, 5.41) is 11.1. The highest BCUT2D eigenvalue weighted by Gasteiger charge is 2.21. The summed E-state index contributed by atoms with van der Waals surface area (Å²) in [4.78, 5) is 10.0. The van der Waals surface area contributed by atoms with E-state index in [0.29, 0.717) is 10.6 Å². The number of ether oxygens (including phenoxy) is 1. The van der Waals surface area contributed by atoms with E-state index in [-0.39, 0.29) is 43.7 Å². The largest absolute Gasteiger partial charge is 0.453 e. The number of hydrogen-bond acceptors (Lipinski definition) is 5. The van der Waals surface area contributed by atoms with Crippen LogP contribution in [-0.2, 0) is 16.6 Å². The van der Waals surface area contributed by atoms with Gasteiger partial charge in [0, 0.05) is 23.7 Å². The highest BCUT2D eigenvalue weighted by Crippen LogP contribution is 2.41. The first kappa shape index (κ1) is 23.6. The quantitative estimate of drug-likeness (QED) is 0.283. The lowest BCUT2D eigenvalue weighted by atomic mass is 10.2. The molecule has 0 aromatic heterocycles. The second kappa shape index (κ2) is 9.60. The Bertz CT molecular complexity index is 1240. The van der Waals surface area contributed by atoms with Crippen molar-refractivity contribution in [2.75, 3.05) is 0 Å². The average molecular weight is 522 g/mol. The lowest BCUT2D eigenvalue weighted by Gasteiger charge is -2.13. The number of rotatable bonds is 7. The molecule has 12 heteroatoms. The summed E-state index contributed by atoms with van der Waals surface area (Å²) in [6.45, 7) is 0.00872. The van der Waals surface area contributed by atoms with Crippen LogP contribution in [0.25, 0.3) is 0 Å². The minimum Gasteiger partial charge on any atom is -0.453 e. The van der Waals surface area contributed by atoms with Crippen molar-refractivity contribution in [2.24, 2.45) is 0 Å². The number of benzene rings is 3. The van der Waals surface area contributed by atoms with Gasteiger partial charge >= 0.3 is 0 Å². The monoisotopic (exact) mass is 520 g/mol. The molecule has 31 heavy (non-hydrogen) atoms. The van der Waals surface area contributed by atoms with Crippen LogP contribution in [0.2, 0.25) is 20.1 Å². The molecule has 0 radical (unpaired) electrons. The number of nitrogens with one attached hydrogen (secondary N) is 1. The minimum absolute atomic E-state index is 0.00872. The predicted octanol–water partition coefficient (Wildman–Crippen LogP) is 6.48. The highest BCUT2D eigenvalue weighted by molar-refractivity contribution is 7.89. The lowest BCUT2D eigenvalue weighted by molar-refractivity contribution is -0.384. The van der Waals surface area contributed by atoms with E-state index >= 15 is 0 Å². The van der Waals surface area contributed by atoms with Crippen LogP contribution in [0.3, 0.4) is 0 Å². The predicted molar refractivity (Wildman–Crippen MR) is 120 cm³/mol. The molecule has 0 fully saturated rings. The minimum atomic E-state index is -3.95. The molecule has 1 N–H and O–H groups in total. The summed E-state index contributed by atoms with van der Waals surface area (Å²) in [6.07, 6.45) is 0. The molecule has 0 saturated carbocycles. The van der Waals surface area contributed by atoms with Crippen LogP contribution in [-0.4, -0.2) is 13.3 Å². The van der Waals surface area contributed by atoms with Crippen LogP contribution in [0.4, 0.5) is 5.69 Å². The van der Waals surface area contributed by atoms with Crippen LogP contribution < -0.4 is 9.46 Å². The Morgan fingerprint density at radius 3 is 2.19 bits per heavy atom. The van der Waals surface area contributed by atoms with Crippen molar-refractivity contribution >= 4 is 62.1 Å². The van der Waals surface area contributed by atoms with Crippen molar-refractivity contribution in [3.63, 3.8) is 0 Å². The van der Waals surface area contributed by atoms with E-state index < -0.39 is 14.9 Å². The van der Waals surface area contributed by atoms with Gasteiger partial charge in [-0.25, -0.2) is 13.1 Å². The van der Waals surface area contributed by atoms with Crippen molar-refractivity contribution in [3.8, 4) is 11.5 Å². The van der Waals surface area contributed by atoms with E-state index in [0.717, 1.165) is 6.07 Å². The van der Waals surface area contributed by atoms with Crippen molar-refractivity contribution < 1.29 is 18.1 Å². The smallest absolute Gasteiger partial charge is 0.271 e. The van der Waals surface area contributed by atoms with Gasteiger partial charge in [0.05, 0.1) is 24.9 Å². The summed E-state index contributed by atoms with van der Waals surface area (Å²) in [5.41, 5.74) is 0.447.